The lowest BCUT2D eigenvalue weighted by Gasteiger charge is -2.30. The zero-order chi connectivity index (χ0) is 19.4. The summed E-state index contributed by atoms with van der Waals surface area (Å²) in [5.74, 6) is -1.09. The van der Waals surface area contributed by atoms with Crippen molar-refractivity contribution in [3.8, 4) is 0 Å². The Labute approximate surface area is 157 Å². The predicted molar refractivity (Wildman–Crippen MR) is 96.7 cm³/mol. The van der Waals surface area contributed by atoms with E-state index in [2.05, 4.69) is 10.7 Å². The molecular weight excluding hydrogens is 351 g/mol. The van der Waals surface area contributed by atoms with Crippen molar-refractivity contribution in [3.63, 3.8) is 0 Å². The molecule has 7 nitrogen and oxygen atoms in total. The van der Waals surface area contributed by atoms with Gasteiger partial charge >= 0.3 is 6.03 Å². The maximum Gasteiger partial charge on any atom is 0.344 e. The van der Waals surface area contributed by atoms with Gasteiger partial charge in [0.25, 0.3) is 5.91 Å². The molecule has 1 heterocycles. The number of rotatable bonds is 6. The number of nitrogens with zero attached hydrogens (tertiary/aromatic N) is 2. The van der Waals surface area contributed by atoms with Gasteiger partial charge in [-0.05, 0) is 26.0 Å². The third kappa shape index (κ3) is 4.27. The Morgan fingerprint density at radius 3 is 2.67 bits per heavy atom. The topological polar surface area (TPSA) is 81.8 Å². The van der Waals surface area contributed by atoms with E-state index in [0.717, 1.165) is 24.3 Å². The Morgan fingerprint density at radius 2 is 1.96 bits per heavy atom. The molecule has 1 saturated carbocycles. The van der Waals surface area contributed by atoms with Crippen LogP contribution in [0.2, 0.25) is 0 Å². The van der Waals surface area contributed by atoms with E-state index in [-0.39, 0.29) is 18.1 Å². The number of halogens is 1. The van der Waals surface area contributed by atoms with Crippen LogP contribution in [0.1, 0.15) is 44.1 Å². The number of nitrogens with one attached hydrogen (secondary N) is 2. The van der Waals surface area contributed by atoms with Gasteiger partial charge in [-0.15, -0.1) is 0 Å². The van der Waals surface area contributed by atoms with Crippen LogP contribution in [0, 0.1) is 5.82 Å². The van der Waals surface area contributed by atoms with E-state index in [9.17, 15) is 18.8 Å². The number of benzene rings is 1. The van der Waals surface area contributed by atoms with Crippen molar-refractivity contribution in [3.05, 3.63) is 35.6 Å². The number of carbonyl (C=O) groups excluding carboxylic acids is 3. The molecule has 1 aliphatic heterocycles. The molecule has 3 rings (SSSR count). The Bertz CT molecular complexity index is 733. The Kier molecular flexibility index (Phi) is 5.74. The van der Waals surface area contributed by atoms with E-state index < -0.39 is 17.5 Å². The van der Waals surface area contributed by atoms with Gasteiger partial charge in [0.2, 0.25) is 5.91 Å². The van der Waals surface area contributed by atoms with Gasteiger partial charge in [-0.2, -0.15) is 5.01 Å². The van der Waals surface area contributed by atoms with Crippen molar-refractivity contribution in [2.45, 2.75) is 50.6 Å². The first-order valence-electron chi connectivity index (χ1n) is 9.29. The molecule has 2 fully saturated rings. The molecule has 27 heavy (non-hydrogen) atoms. The van der Waals surface area contributed by atoms with Gasteiger partial charge in [0.05, 0.1) is 0 Å². The summed E-state index contributed by atoms with van der Waals surface area (Å²) >= 11 is 0. The van der Waals surface area contributed by atoms with E-state index in [1.54, 1.807) is 25.2 Å². The molecule has 1 aromatic carbocycles. The summed E-state index contributed by atoms with van der Waals surface area (Å²) in [7, 11) is 1.78. The van der Waals surface area contributed by atoms with Crippen molar-refractivity contribution in [1.82, 2.24) is 20.7 Å². The molecule has 8 heteroatoms. The summed E-state index contributed by atoms with van der Waals surface area (Å²) in [6.45, 7) is 0.737. The van der Waals surface area contributed by atoms with Gasteiger partial charge in [-0.3, -0.25) is 15.0 Å². The minimum atomic E-state index is -0.857. The Morgan fingerprint density at radius 1 is 1.26 bits per heavy atom. The molecular formula is C19H25FN4O3. The molecule has 0 radical (unpaired) electrons. The van der Waals surface area contributed by atoms with Crippen molar-refractivity contribution in [1.29, 1.82) is 0 Å². The number of amides is 4. The quantitative estimate of drug-likeness (QED) is 0.744. The number of imide groups is 1. The molecule has 146 valence electrons. The second-order valence-electron chi connectivity index (χ2n) is 7.33. The predicted octanol–water partition coefficient (Wildman–Crippen LogP) is 1.93. The third-order valence-corrected chi connectivity index (χ3v) is 5.22. The van der Waals surface area contributed by atoms with Crippen LogP contribution in [0.4, 0.5) is 9.18 Å². The third-order valence-electron chi connectivity index (χ3n) is 5.22. The largest absolute Gasteiger partial charge is 0.344 e. The Balaban J connectivity index is 1.50. The number of hydrogen-bond acceptors (Lipinski definition) is 4. The molecule has 4 amide bonds. The lowest BCUT2D eigenvalue weighted by Crippen LogP contribution is -2.51. The summed E-state index contributed by atoms with van der Waals surface area (Å²) in [5.41, 5.74) is 2.11. The van der Waals surface area contributed by atoms with E-state index in [0.29, 0.717) is 31.5 Å². The van der Waals surface area contributed by atoms with Crippen LogP contribution < -0.4 is 10.7 Å². The molecule has 1 saturated heterocycles. The maximum atomic E-state index is 13.7. The molecule has 0 unspecified atom stereocenters. The van der Waals surface area contributed by atoms with Crippen molar-refractivity contribution in [2.75, 3.05) is 13.6 Å². The number of hydrogen-bond donors (Lipinski definition) is 2. The highest BCUT2D eigenvalue weighted by molar-refractivity contribution is 6.08. The van der Waals surface area contributed by atoms with Crippen molar-refractivity contribution >= 4 is 17.8 Å². The van der Waals surface area contributed by atoms with Crippen LogP contribution in [0.5, 0.6) is 0 Å². The summed E-state index contributed by atoms with van der Waals surface area (Å²) in [6.07, 6.45) is 4.12. The van der Waals surface area contributed by atoms with Crippen LogP contribution in [0.15, 0.2) is 24.3 Å². The zero-order valence-corrected chi connectivity index (χ0v) is 15.5. The molecule has 1 aromatic rings. The lowest BCUT2D eigenvalue weighted by molar-refractivity contribution is -0.140. The summed E-state index contributed by atoms with van der Waals surface area (Å²) in [4.78, 5) is 38.8. The van der Waals surface area contributed by atoms with Gasteiger partial charge in [0.1, 0.15) is 11.4 Å². The standard InChI is InChI=1S/C19H25FN4O3/c1-23(13-14-7-3-4-8-15(14)20)12-9-16(25)22-24-17(26)19(21-18(24)27)10-5-2-6-11-19/h3-4,7-8H,2,5-6,9-13H2,1H3,(H,21,27)(H,22,25). The van der Waals surface area contributed by atoms with Gasteiger partial charge in [0, 0.05) is 25.1 Å². The molecule has 0 aromatic heterocycles. The fourth-order valence-electron chi connectivity index (χ4n) is 3.69. The second-order valence-corrected chi connectivity index (χ2v) is 7.33. The average Bonchev–Trinajstić information content (AvgIpc) is 2.86. The maximum absolute atomic E-state index is 13.7. The lowest BCUT2D eigenvalue weighted by atomic mass is 9.82. The van der Waals surface area contributed by atoms with E-state index in [1.165, 1.54) is 6.07 Å². The van der Waals surface area contributed by atoms with Crippen molar-refractivity contribution in [2.24, 2.45) is 0 Å². The first kappa shape index (κ1) is 19.3. The molecule has 1 aliphatic carbocycles. The van der Waals surface area contributed by atoms with Crippen LogP contribution in [-0.2, 0) is 16.1 Å². The normalized spacial score (nSPS) is 18.9. The van der Waals surface area contributed by atoms with Crippen LogP contribution in [-0.4, -0.2) is 46.9 Å². The molecule has 0 bridgehead atoms. The highest BCUT2D eigenvalue weighted by Gasteiger charge is 2.52. The molecule has 1 spiro atoms. The smallest absolute Gasteiger partial charge is 0.322 e. The first-order chi connectivity index (χ1) is 12.9. The second kappa shape index (κ2) is 8.04. The van der Waals surface area contributed by atoms with E-state index in [1.807, 2.05) is 4.90 Å². The van der Waals surface area contributed by atoms with Crippen LogP contribution in [0.25, 0.3) is 0 Å². The highest BCUT2D eigenvalue weighted by Crippen LogP contribution is 2.32. The molecule has 2 aliphatic rings. The average molecular weight is 376 g/mol. The summed E-state index contributed by atoms with van der Waals surface area (Å²) < 4.78 is 13.7. The van der Waals surface area contributed by atoms with E-state index in [4.69, 9.17) is 0 Å². The van der Waals surface area contributed by atoms with Gasteiger partial charge in [-0.25, -0.2) is 9.18 Å². The van der Waals surface area contributed by atoms with Crippen LogP contribution in [0.3, 0.4) is 0 Å². The SMILES string of the molecule is CN(CCC(=O)NN1C(=O)NC2(CCCCC2)C1=O)Cc1ccccc1F. The fraction of sp³-hybridized carbons (Fsp3) is 0.526. The highest BCUT2D eigenvalue weighted by atomic mass is 19.1. The minimum Gasteiger partial charge on any atom is -0.322 e. The monoisotopic (exact) mass is 376 g/mol. The van der Waals surface area contributed by atoms with E-state index >= 15 is 0 Å². The number of carbonyl (C=O) groups is 3. The molecule has 2 N–H and O–H groups in total. The zero-order valence-electron chi connectivity index (χ0n) is 15.5. The number of urea groups is 1. The fourth-order valence-corrected chi connectivity index (χ4v) is 3.69. The molecule has 0 atom stereocenters. The summed E-state index contributed by atoms with van der Waals surface area (Å²) in [6, 6.07) is 5.91. The Hall–Kier alpha value is -2.48. The minimum absolute atomic E-state index is 0.0923. The first-order valence-corrected chi connectivity index (χ1v) is 9.29. The van der Waals surface area contributed by atoms with Crippen LogP contribution >= 0.6 is 0 Å². The van der Waals surface area contributed by atoms with Gasteiger partial charge < -0.3 is 10.2 Å². The summed E-state index contributed by atoms with van der Waals surface area (Å²) in [5, 5.41) is 3.56. The van der Waals surface area contributed by atoms with Gasteiger partial charge in [0.15, 0.2) is 0 Å². The van der Waals surface area contributed by atoms with Crippen molar-refractivity contribution < 1.29 is 18.8 Å². The number of hydrazine groups is 1. The van der Waals surface area contributed by atoms with Gasteiger partial charge in [-0.1, -0.05) is 37.5 Å².